The Morgan fingerprint density at radius 1 is 1.00 bits per heavy atom. The number of carbonyl (C=O) groups excluding carboxylic acids is 2. The number of hydrogen-bond acceptors (Lipinski definition) is 3. The molecule has 0 aromatic heterocycles. The van der Waals surface area contributed by atoms with Crippen molar-refractivity contribution in [3.8, 4) is 0 Å². The predicted molar refractivity (Wildman–Crippen MR) is 122 cm³/mol. The van der Waals surface area contributed by atoms with Crippen molar-refractivity contribution in [3.05, 3.63) is 30.3 Å². The van der Waals surface area contributed by atoms with E-state index in [9.17, 15) is 9.59 Å². The van der Waals surface area contributed by atoms with Gasteiger partial charge in [0.15, 0.2) is 0 Å². The molecule has 5 heteroatoms. The van der Waals surface area contributed by atoms with Gasteiger partial charge < -0.3 is 10.2 Å². The third kappa shape index (κ3) is 4.67. The van der Waals surface area contributed by atoms with Crippen molar-refractivity contribution < 1.29 is 9.59 Å². The average molecular weight is 424 g/mol. The Hall–Kier alpha value is -1.88. The zero-order valence-corrected chi connectivity index (χ0v) is 18.9. The zero-order chi connectivity index (χ0) is 21.4. The molecule has 1 aliphatic heterocycles. The molecule has 4 bridgehead atoms. The number of nitrogens with zero attached hydrogens (tertiary/aromatic N) is 2. The quantitative estimate of drug-likeness (QED) is 0.752. The fraction of sp³-hybridized carbons (Fsp3) is 0.692. The highest BCUT2D eigenvalue weighted by Gasteiger charge is 2.51. The highest BCUT2D eigenvalue weighted by atomic mass is 16.2. The number of nitrogens with one attached hydrogen (secondary N) is 1. The lowest BCUT2D eigenvalue weighted by molar-refractivity contribution is -0.136. The number of hydrogen-bond donors (Lipinski definition) is 1. The van der Waals surface area contributed by atoms with Crippen molar-refractivity contribution in [1.29, 1.82) is 0 Å². The van der Waals surface area contributed by atoms with Crippen LogP contribution in [0, 0.1) is 29.1 Å². The van der Waals surface area contributed by atoms with E-state index in [0.29, 0.717) is 25.0 Å². The first kappa shape index (κ1) is 21.0. The molecule has 31 heavy (non-hydrogen) atoms. The monoisotopic (exact) mass is 423 g/mol. The van der Waals surface area contributed by atoms with Gasteiger partial charge in [-0.05, 0) is 93.7 Å². The van der Waals surface area contributed by atoms with Crippen LogP contribution in [0.2, 0.25) is 0 Å². The minimum absolute atomic E-state index is 0.00555. The Labute approximate surface area is 186 Å². The van der Waals surface area contributed by atoms with Gasteiger partial charge in [-0.15, -0.1) is 0 Å². The number of anilines is 1. The summed E-state index contributed by atoms with van der Waals surface area (Å²) in [6.07, 6.45) is 10.1. The molecule has 5 nitrogen and oxygen atoms in total. The molecule has 168 valence electrons. The van der Waals surface area contributed by atoms with Crippen LogP contribution in [0.3, 0.4) is 0 Å². The largest absolute Gasteiger partial charge is 0.342 e. The Morgan fingerprint density at radius 3 is 2.16 bits per heavy atom. The summed E-state index contributed by atoms with van der Waals surface area (Å²) in [4.78, 5) is 29.8. The first-order valence-electron chi connectivity index (χ1n) is 12.3. The minimum atomic E-state index is -0.00555. The first-order valence-corrected chi connectivity index (χ1v) is 12.3. The normalized spacial score (nSPS) is 32.5. The van der Waals surface area contributed by atoms with Crippen LogP contribution in [-0.4, -0.2) is 54.8 Å². The summed E-state index contributed by atoms with van der Waals surface area (Å²) in [7, 11) is 2.14. The van der Waals surface area contributed by atoms with Crippen LogP contribution in [-0.2, 0) is 9.59 Å². The van der Waals surface area contributed by atoms with Gasteiger partial charge >= 0.3 is 0 Å². The van der Waals surface area contributed by atoms with Crippen molar-refractivity contribution >= 4 is 17.5 Å². The van der Waals surface area contributed by atoms with Gasteiger partial charge in [0.25, 0.3) is 0 Å². The average Bonchev–Trinajstić information content (AvgIpc) is 2.73. The lowest BCUT2D eigenvalue weighted by Gasteiger charge is -2.57. The van der Waals surface area contributed by atoms with Gasteiger partial charge in [0.1, 0.15) is 0 Å². The first-order chi connectivity index (χ1) is 15.0. The van der Waals surface area contributed by atoms with Gasteiger partial charge in [0.2, 0.25) is 11.8 Å². The van der Waals surface area contributed by atoms with Crippen molar-refractivity contribution in [2.45, 2.75) is 51.4 Å². The van der Waals surface area contributed by atoms with Crippen LogP contribution >= 0.6 is 0 Å². The fourth-order valence-corrected chi connectivity index (χ4v) is 7.60. The van der Waals surface area contributed by atoms with Crippen LogP contribution in [0.1, 0.15) is 51.4 Å². The van der Waals surface area contributed by atoms with Crippen LogP contribution in [0.15, 0.2) is 30.3 Å². The summed E-state index contributed by atoms with van der Waals surface area (Å²) in [5.74, 6) is 3.17. The molecular weight excluding hydrogens is 386 g/mol. The highest BCUT2D eigenvalue weighted by Crippen LogP contribution is 2.60. The summed E-state index contributed by atoms with van der Waals surface area (Å²) in [5, 5.41) is 3.01. The molecule has 1 N–H and O–H groups in total. The number of rotatable bonds is 6. The van der Waals surface area contributed by atoms with Crippen LogP contribution in [0.4, 0.5) is 5.69 Å². The second-order valence-corrected chi connectivity index (χ2v) is 11.1. The molecular formula is C26H37N3O2. The van der Waals surface area contributed by atoms with Gasteiger partial charge in [-0.25, -0.2) is 0 Å². The molecule has 0 radical (unpaired) electrons. The molecule has 5 aliphatic rings. The van der Waals surface area contributed by atoms with Crippen molar-refractivity contribution in [3.63, 3.8) is 0 Å². The summed E-state index contributed by atoms with van der Waals surface area (Å²) in [6, 6.07) is 9.62. The molecule has 6 rings (SSSR count). The number of likely N-dealkylation sites (tertiary alicyclic amines) is 1. The van der Waals surface area contributed by atoms with Gasteiger partial charge in [-0.3, -0.25) is 14.5 Å². The highest BCUT2D eigenvalue weighted by molar-refractivity contribution is 5.92. The molecule has 1 aromatic rings. The molecule has 0 unspecified atom stereocenters. The molecule has 1 heterocycles. The summed E-state index contributed by atoms with van der Waals surface area (Å²) < 4.78 is 0. The predicted octanol–water partition coefficient (Wildman–Crippen LogP) is 4.01. The van der Waals surface area contributed by atoms with E-state index < -0.39 is 0 Å². The standard InChI is InChI=1S/C26H37N3O2/c1-28(18-26-14-19-11-20(15-26)13-21(12-19)16-26)17-24(30)29-9-7-22(8-10-29)25(31)27-23-5-3-2-4-6-23/h2-6,19-22H,7-18H2,1H3,(H,27,31). The maximum atomic E-state index is 12.9. The summed E-state index contributed by atoms with van der Waals surface area (Å²) in [6.45, 7) is 2.98. The lowest BCUT2D eigenvalue weighted by Crippen LogP contribution is -2.52. The zero-order valence-electron chi connectivity index (χ0n) is 18.9. The smallest absolute Gasteiger partial charge is 0.236 e. The Kier molecular flexibility index (Phi) is 5.80. The molecule has 0 atom stereocenters. The number of amides is 2. The maximum Gasteiger partial charge on any atom is 0.236 e. The van der Waals surface area contributed by atoms with E-state index in [1.807, 2.05) is 35.2 Å². The Balaban J connectivity index is 1.08. The van der Waals surface area contributed by atoms with Crippen molar-refractivity contribution in [2.24, 2.45) is 29.1 Å². The number of likely N-dealkylation sites (N-methyl/N-ethyl adjacent to an activating group) is 1. The molecule has 5 fully saturated rings. The van der Waals surface area contributed by atoms with Crippen LogP contribution < -0.4 is 5.32 Å². The third-order valence-electron chi connectivity index (χ3n) is 8.44. The van der Waals surface area contributed by atoms with Crippen molar-refractivity contribution in [1.82, 2.24) is 9.80 Å². The topological polar surface area (TPSA) is 52.7 Å². The number of piperidine rings is 1. The van der Waals surface area contributed by atoms with Crippen LogP contribution in [0.25, 0.3) is 0 Å². The molecule has 2 amide bonds. The Bertz CT molecular complexity index is 765. The summed E-state index contributed by atoms with van der Waals surface area (Å²) in [5.41, 5.74) is 1.32. The molecule has 0 spiro atoms. The molecule has 4 saturated carbocycles. The van der Waals surface area contributed by atoms with E-state index >= 15 is 0 Å². The van der Waals surface area contributed by atoms with E-state index in [1.165, 1.54) is 38.5 Å². The van der Waals surface area contributed by atoms with Gasteiger partial charge in [-0.1, -0.05) is 18.2 Å². The van der Waals surface area contributed by atoms with E-state index in [-0.39, 0.29) is 17.7 Å². The lowest BCUT2D eigenvalue weighted by atomic mass is 9.49. The Morgan fingerprint density at radius 2 is 1.58 bits per heavy atom. The fourth-order valence-electron chi connectivity index (χ4n) is 7.60. The maximum absolute atomic E-state index is 12.9. The second-order valence-electron chi connectivity index (χ2n) is 11.1. The van der Waals surface area contributed by atoms with Gasteiger partial charge in [0, 0.05) is 31.2 Å². The van der Waals surface area contributed by atoms with E-state index in [4.69, 9.17) is 0 Å². The van der Waals surface area contributed by atoms with Crippen molar-refractivity contribution in [2.75, 3.05) is 38.5 Å². The van der Waals surface area contributed by atoms with E-state index in [0.717, 1.165) is 42.8 Å². The van der Waals surface area contributed by atoms with E-state index in [2.05, 4.69) is 17.3 Å². The minimum Gasteiger partial charge on any atom is -0.342 e. The van der Waals surface area contributed by atoms with Crippen LogP contribution in [0.5, 0.6) is 0 Å². The molecule has 1 saturated heterocycles. The van der Waals surface area contributed by atoms with E-state index in [1.54, 1.807) is 0 Å². The number of benzene rings is 1. The third-order valence-corrected chi connectivity index (χ3v) is 8.44. The molecule has 4 aliphatic carbocycles. The number of carbonyl (C=O) groups is 2. The van der Waals surface area contributed by atoms with Gasteiger partial charge in [-0.2, -0.15) is 0 Å². The number of para-hydroxylation sites is 1. The molecule has 1 aromatic carbocycles. The second kappa shape index (κ2) is 8.57. The SMILES string of the molecule is CN(CC(=O)N1CCC(C(=O)Nc2ccccc2)CC1)CC12CC3CC(CC(C3)C1)C2. The van der Waals surface area contributed by atoms with Gasteiger partial charge in [0.05, 0.1) is 6.54 Å². The summed E-state index contributed by atoms with van der Waals surface area (Å²) >= 11 is 0.